The molecule has 0 bridgehead atoms. The molecule has 1 aliphatic heterocycles. The number of nitrogens with two attached hydrogens (primary N) is 1. The molecule has 0 saturated carbocycles. The summed E-state index contributed by atoms with van der Waals surface area (Å²) in [5, 5.41) is 2.39. The number of carbonyl (C=O) groups is 1. The summed E-state index contributed by atoms with van der Waals surface area (Å²) in [4.78, 5) is 12.2. The Kier molecular flexibility index (Phi) is 4.06. The van der Waals surface area contributed by atoms with Crippen LogP contribution in [-0.2, 0) is 22.0 Å². The molecular weight excluding hydrogens is 260 g/mol. The number of nitrogens with one attached hydrogen (secondary N) is 1. The highest BCUT2D eigenvalue weighted by Crippen LogP contribution is 2.24. The van der Waals surface area contributed by atoms with Gasteiger partial charge in [0.1, 0.15) is 5.25 Å². The van der Waals surface area contributed by atoms with Gasteiger partial charge in [-0.25, -0.2) is 0 Å². The Bertz CT molecular complexity index is 508. The Hall–Kier alpha value is -1.20. The van der Waals surface area contributed by atoms with E-state index < -0.39 is 21.6 Å². The molecule has 4 nitrogen and oxygen atoms in total. The molecule has 1 aromatic carbocycles. The van der Waals surface area contributed by atoms with Crippen molar-refractivity contribution in [3.63, 3.8) is 0 Å². The summed E-state index contributed by atoms with van der Waals surface area (Å²) < 4.78 is 12.3. The lowest BCUT2D eigenvalue weighted by atomic mass is 10.1. The van der Waals surface area contributed by atoms with Crippen LogP contribution in [0, 0.1) is 0 Å². The Labute approximate surface area is 116 Å². The number of aryl methyl sites for hydroxylation is 1. The number of amides is 1. The fraction of sp³-hybridized carbons (Fsp3) is 0.500. The molecule has 1 amide bonds. The third-order valence-electron chi connectivity index (χ3n) is 3.08. The lowest BCUT2D eigenvalue weighted by Gasteiger charge is -2.21. The van der Waals surface area contributed by atoms with Crippen molar-refractivity contribution < 1.29 is 9.00 Å². The lowest BCUT2D eigenvalue weighted by molar-refractivity contribution is -0.115. The number of rotatable bonds is 3. The van der Waals surface area contributed by atoms with Crippen molar-refractivity contribution in [2.75, 3.05) is 11.1 Å². The predicted molar refractivity (Wildman–Crippen MR) is 78.5 cm³/mol. The Balaban J connectivity index is 2.14. The van der Waals surface area contributed by atoms with Crippen LogP contribution in [0.15, 0.2) is 24.3 Å². The number of hydrogen-bond acceptors (Lipinski definition) is 3. The van der Waals surface area contributed by atoms with Crippen molar-refractivity contribution in [3.8, 4) is 0 Å². The van der Waals surface area contributed by atoms with Crippen LogP contribution in [0.3, 0.4) is 0 Å². The van der Waals surface area contributed by atoms with E-state index in [1.54, 1.807) is 0 Å². The average molecular weight is 280 g/mol. The van der Waals surface area contributed by atoms with Crippen molar-refractivity contribution >= 4 is 22.4 Å². The first-order valence-electron chi connectivity index (χ1n) is 6.42. The Morgan fingerprint density at radius 2 is 2.11 bits per heavy atom. The molecule has 0 fully saturated rings. The molecule has 1 aromatic rings. The van der Waals surface area contributed by atoms with Gasteiger partial charge in [0.05, 0.1) is 0 Å². The Morgan fingerprint density at radius 1 is 1.42 bits per heavy atom. The second-order valence-corrected chi connectivity index (χ2v) is 7.31. The van der Waals surface area contributed by atoms with Crippen LogP contribution in [0.25, 0.3) is 0 Å². The van der Waals surface area contributed by atoms with E-state index in [0.717, 1.165) is 17.7 Å². The number of anilines is 1. The van der Waals surface area contributed by atoms with Crippen LogP contribution in [0.2, 0.25) is 0 Å². The van der Waals surface area contributed by atoms with Gasteiger partial charge >= 0.3 is 0 Å². The summed E-state index contributed by atoms with van der Waals surface area (Å²) in [6.45, 7) is 3.66. The summed E-state index contributed by atoms with van der Waals surface area (Å²) in [5.41, 5.74) is 7.30. The van der Waals surface area contributed by atoms with E-state index in [1.165, 1.54) is 0 Å². The van der Waals surface area contributed by atoms with E-state index in [4.69, 9.17) is 5.73 Å². The largest absolute Gasteiger partial charge is 0.325 e. The van der Waals surface area contributed by atoms with Gasteiger partial charge in [0.25, 0.3) is 0 Å². The molecule has 0 spiro atoms. The fourth-order valence-corrected chi connectivity index (χ4v) is 3.82. The first kappa shape index (κ1) is 14.2. The highest BCUT2D eigenvalue weighted by Gasteiger charge is 2.30. The highest BCUT2D eigenvalue weighted by atomic mass is 32.2. The Morgan fingerprint density at radius 3 is 2.79 bits per heavy atom. The zero-order valence-corrected chi connectivity index (χ0v) is 12.1. The molecule has 2 unspecified atom stereocenters. The zero-order valence-electron chi connectivity index (χ0n) is 11.3. The fourth-order valence-electron chi connectivity index (χ4n) is 2.21. The van der Waals surface area contributed by atoms with Gasteiger partial charge in [0.15, 0.2) is 0 Å². The minimum Gasteiger partial charge on any atom is -0.325 e. The van der Waals surface area contributed by atoms with E-state index in [1.807, 2.05) is 38.1 Å². The molecule has 2 atom stereocenters. The SMILES string of the molecule is CC(C)(N)CS(=O)C1CCc2ccccc2NC1=O. The van der Waals surface area contributed by atoms with Gasteiger partial charge in [-0.1, -0.05) is 18.2 Å². The molecule has 5 heteroatoms. The molecule has 0 aromatic heterocycles. The standard InChI is InChI=1S/C14H20N2O2S/c1-14(2,15)9-19(18)12-8-7-10-5-3-4-6-11(10)16-13(12)17/h3-6,12H,7-9,15H2,1-2H3,(H,16,17). The molecule has 1 aliphatic rings. The molecule has 3 N–H and O–H groups in total. The van der Waals surface area contributed by atoms with Crippen LogP contribution in [0.1, 0.15) is 25.8 Å². The normalized spacial score (nSPS) is 21.2. The number of para-hydroxylation sites is 1. The molecular formula is C14H20N2O2S. The monoisotopic (exact) mass is 280 g/mol. The van der Waals surface area contributed by atoms with Gasteiger partial charge in [-0.3, -0.25) is 9.00 Å². The van der Waals surface area contributed by atoms with Crippen LogP contribution < -0.4 is 11.1 Å². The van der Waals surface area contributed by atoms with Gasteiger partial charge in [-0.15, -0.1) is 0 Å². The molecule has 2 rings (SSSR count). The van der Waals surface area contributed by atoms with Crippen LogP contribution in [-0.4, -0.2) is 26.7 Å². The van der Waals surface area contributed by atoms with Crippen LogP contribution in [0.5, 0.6) is 0 Å². The maximum absolute atomic E-state index is 12.3. The number of hydrogen-bond donors (Lipinski definition) is 2. The molecule has 0 aliphatic carbocycles. The van der Waals surface area contributed by atoms with Gasteiger partial charge in [-0.2, -0.15) is 0 Å². The van der Waals surface area contributed by atoms with Gasteiger partial charge in [0.2, 0.25) is 5.91 Å². The maximum atomic E-state index is 12.3. The summed E-state index contributed by atoms with van der Waals surface area (Å²) >= 11 is 0. The van der Waals surface area contributed by atoms with E-state index in [0.29, 0.717) is 12.2 Å². The highest BCUT2D eigenvalue weighted by molar-refractivity contribution is 7.86. The zero-order chi connectivity index (χ0) is 14.0. The second kappa shape index (κ2) is 5.43. The molecule has 0 radical (unpaired) electrons. The summed E-state index contributed by atoms with van der Waals surface area (Å²) in [5.74, 6) is 0.175. The maximum Gasteiger partial charge on any atom is 0.240 e. The van der Waals surface area contributed by atoms with Gasteiger partial charge in [-0.05, 0) is 38.3 Å². The molecule has 0 saturated heterocycles. The van der Waals surface area contributed by atoms with Crippen LogP contribution in [0.4, 0.5) is 5.69 Å². The third-order valence-corrected chi connectivity index (χ3v) is 5.19. The van der Waals surface area contributed by atoms with Crippen molar-refractivity contribution in [1.82, 2.24) is 0 Å². The topological polar surface area (TPSA) is 72.2 Å². The number of benzene rings is 1. The first-order chi connectivity index (χ1) is 8.87. The smallest absolute Gasteiger partial charge is 0.240 e. The number of carbonyl (C=O) groups excluding carboxylic acids is 1. The van der Waals surface area contributed by atoms with Crippen molar-refractivity contribution in [2.45, 2.75) is 37.5 Å². The average Bonchev–Trinajstić information content (AvgIpc) is 2.44. The molecule has 104 valence electrons. The third kappa shape index (κ3) is 3.64. The number of fused-ring (bicyclic) bond motifs is 1. The minimum absolute atomic E-state index is 0.160. The quantitative estimate of drug-likeness (QED) is 0.879. The van der Waals surface area contributed by atoms with Crippen LogP contribution >= 0.6 is 0 Å². The van der Waals surface area contributed by atoms with Gasteiger partial charge in [0, 0.05) is 27.8 Å². The molecule has 19 heavy (non-hydrogen) atoms. The van der Waals surface area contributed by atoms with Crippen molar-refractivity contribution in [2.24, 2.45) is 5.73 Å². The van der Waals surface area contributed by atoms with Gasteiger partial charge < -0.3 is 11.1 Å². The summed E-state index contributed by atoms with van der Waals surface area (Å²) in [7, 11) is -1.24. The first-order valence-corrected chi connectivity index (χ1v) is 7.80. The lowest BCUT2D eigenvalue weighted by Crippen LogP contribution is -2.43. The van der Waals surface area contributed by atoms with Crippen molar-refractivity contribution in [1.29, 1.82) is 0 Å². The van der Waals surface area contributed by atoms with E-state index in [2.05, 4.69) is 5.32 Å². The minimum atomic E-state index is -1.24. The van der Waals surface area contributed by atoms with Crippen molar-refractivity contribution in [3.05, 3.63) is 29.8 Å². The van der Waals surface area contributed by atoms with E-state index in [-0.39, 0.29) is 5.91 Å². The van der Waals surface area contributed by atoms with E-state index >= 15 is 0 Å². The summed E-state index contributed by atoms with van der Waals surface area (Å²) in [6, 6.07) is 7.71. The predicted octanol–water partition coefficient (Wildman–Crippen LogP) is 1.43. The van der Waals surface area contributed by atoms with E-state index in [9.17, 15) is 9.00 Å². The summed E-state index contributed by atoms with van der Waals surface area (Å²) in [6.07, 6.45) is 1.36. The second-order valence-electron chi connectivity index (χ2n) is 5.69. The molecule has 1 heterocycles.